The Kier molecular flexibility index (Phi) is 6.37. The molecule has 0 amide bonds. The van der Waals surface area contributed by atoms with Gasteiger partial charge < -0.3 is 9.73 Å². The van der Waals surface area contributed by atoms with Gasteiger partial charge in [-0.3, -0.25) is 0 Å². The third-order valence-electron chi connectivity index (χ3n) is 4.91. The molecule has 1 aromatic carbocycles. The van der Waals surface area contributed by atoms with Gasteiger partial charge in [0, 0.05) is 25.2 Å². The maximum absolute atomic E-state index is 12.9. The summed E-state index contributed by atoms with van der Waals surface area (Å²) in [6.07, 6.45) is 3.94. The number of nitrogens with zero attached hydrogens (tertiary/aromatic N) is 3. The van der Waals surface area contributed by atoms with E-state index in [0.29, 0.717) is 42.9 Å². The number of nitrogens with one attached hydrogen (secondary N) is 1. The van der Waals surface area contributed by atoms with Gasteiger partial charge in [0.2, 0.25) is 27.5 Å². The molecule has 28 heavy (non-hydrogen) atoms. The number of oxazole rings is 1. The number of sulfonamides is 1. The zero-order chi connectivity index (χ0) is 20.1. The number of piperidine rings is 1. The molecule has 0 unspecified atom stereocenters. The molecule has 150 valence electrons. The minimum absolute atomic E-state index is 0.199. The van der Waals surface area contributed by atoms with Crippen molar-refractivity contribution < 1.29 is 12.8 Å². The number of hydrogen-bond donors (Lipinski definition) is 1. The van der Waals surface area contributed by atoms with Crippen LogP contribution in [0.2, 0.25) is 0 Å². The van der Waals surface area contributed by atoms with Crippen molar-refractivity contribution in [3.63, 3.8) is 0 Å². The molecule has 1 aliphatic rings. The second-order valence-electron chi connectivity index (χ2n) is 7.22. The average molecular weight is 403 g/mol. The van der Waals surface area contributed by atoms with Crippen LogP contribution in [0.3, 0.4) is 0 Å². The second-order valence-corrected chi connectivity index (χ2v) is 9.16. The number of benzene rings is 1. The fraction of sp³-hybridized carbons (Fsp3) is 0.500. The Morgan fingerprint density at radius 1 is 1.36 bits per heavy atom. The number of rotatable bonds is 7. The van der Waals surface area contributed by atoms with Crippen molar-refractivity contribution in [3.8, 4) is 17.5 Å². The Balaban J connectivity index is 1.80. The van der Waals surface area contributed by atoms with E-state index in [4.69, 9.17) is 4.42 Å². The molecule has 2 aromatic rings. The Morgan fingerprint density at radius 2 is 2.11 bits per heavy atom. The van der Waals surface area contributed by atoms with Crippen LogP contribution < -0.4 is 5.32 Å². The van der Waals surface area contributed by atoms with Gasteiger partial charge in [0.25, 0.3) is 0 Å². The summed E-state index contributed by atoms with van der Waals surface area (Å²) in [6.45, 7) is 5.98. The molecule has 1 N–H and O–H groups in total. The topological polar surface area (TPSA) is 99.2 Å². The molecule has 1 aromatic heterocycles. The van der Waals surface area contributed by atoms with E-state index in [2.05, 4.69) is 24.1 Å². The van der Waals surface area contributed by atoms with Crippen molar-refractivity contribution in [2.45, 2.75) is 44.4 Å². The fourth-order valence-corrected chi connectivity index (χ4v) is 4.90. The van der Waals surface area contributed by atoms with E-state index >= 15 is 0 Å². The van der Waals surface area contributed by atoms with Crippen molar-refractivity contribution in [3.05, 3.63) is 30.0 Å². The number of nitriles is 1. The predicted molar refractivity (Wildman–Crippen MR) is 107 cm³/mol. The van der Waals surface area contributed by atoms with Crippen molar-refractivity contribution >= 4 is 15.9 Å². The van der Waals surface area contributed by atoms with Crippen LogP contribution in [0, 0.1) is 17.2 Å². The van der Waals surface area contributed by atoms with E-state index in [1.807, 2.05) is 6.07 Å². The maximum Gasteiger partial charge on any atom is 0.243 e. The first-order valence-corrected chi connectivity index (χ1v) is 11.1. The summed E-state index contributed by atoms with van der Waals surface area (Å²) in [6, 6.07) is 8.51. The summed E-state index contributed by atoms with van der Waals surface area (Å²) in [5, 5.41) is 12.3. The van der Waals surface area contributed by atoms with Crippen molar-refractivity contribution in [2.75, 3.05) is 25.0 Å². The molecule has 7 nitrogen and oxygen atoms in total. The predicted octanol–water partition coefficient (Wildman–Crippen LogP) is 3.85. The lowest BCUT2D eigenvalue weighted by molar-refractivity contribution is 0.281. The summed E-state index contributed by atoms with van der Waals surface area (Å²) in [5.74, 6) is 1.02. The minimum Gasteiger partial charge on any atom is -0.419 e. The van der Waals surface area contributed by atoms with Gasteiger partial charge in [0.15, 0.2) is 0 Å². The minimum atomic E-state index is -3.50. The Hall–Kier alpha value is -2.37. The first kappa shape index (κ1) is 20.4. The molecular formula is C20H26N4O3S. The monoisotopic (exact) mass is 402 g/mol. The molecule has 1 saturated heterocycles. The lowest BCUT2D eigenvalue weighted by Gasteiger charge is -2.30. The first-order chi connectivity index (χ1) is 13.5. The first-order valence-electron chi connectivity index (χ1n) is 9.71. The molecule has 3 rings (SSSR count). The van der Waals surface area contributed by atoms with Crippen LogP contribution >= 0.6 is 0 Å². The molecule has 1 atom stereocenters. The number of anilines is 1. The highest BCUT2D eigenvalue weighted by Gasteiger charge is 2.28. The average Bonchev–Trinajstić information content (AvgIpc) is 3.11. The van der Waals surface area contributed by atoms with Gasteiger partial charge in [-0.15, -0.1) is 0 Å². The largest absolute Gasteiger partial charge is 0.419 e. The fourth-order valence-electron chi connectivity index (χ4n) is 3.30. The van der Waals surface area contributed by atoms with Crippen LogP contribution in [0.15, 0.2) is 33.6 Å². The highest BCUT2D eigenvalue weighted by molar-refractivity contribution is 7.89. The van der Waals surface area contributed by atoms with Gasteiger partial charge in [-0.1, -0.05) is 20.3 Å². The number of unbranched alkanes of at least 4 members (excludes halogenated alkanes) is 1. The van der Waals surface area contributed by atoms with E-state index in [1.54, 1.807) is 28.6 Å². The van der Waals surface area contributed by atoms with Crippen LogP contribution in [-0.4, -0.2) is 37.3 Å². The van der Waals surface area contributed by atoms with E-state index in [9.17, 15) is 13.7 Å². The SMILES string of the molecule is CCCCNc1oc(-c2ccc(S(=O)(=O)N3CCC[C@@H](C)C3)cc2)nc1C#N. The normalized spacial score (nSPS) is 18.0. The smallest absolute Gasteiger partial charge is 0.243 e. The molecule has 0 spiro atoms. The molecule has 0 aliphatic carbocycles. The van der Waals surface area contributed by atoms with Crippen molar-refractivity contribution in [2.24, 2.45) is 5.92 Å². The summed E-state index contributed by atoms with van der Waals surface area (Å²) in [4.78, 5) is 4.48. The van der Waals surface area contributed by atoms with Crippen LogP contribution in [0.1, 0.15) is 45.2 Å². The van der Waals surface area contributed by atoms with Crippen molar-refractivity contribution in [1.82, 2.24) is 9.29 Å². The third-order valence-corrected chi connectivity index (χ3v) is 6.79. The zero-order valence-corrected chi connectivity index (χ0v) is 17.1. The van der Waals surface area contributed by atoms with Gasteiger partial charge in [-0.2, -0.15) is 14.6 Å². The van der Waals surface area contributed by atoms with E-state index < -0.39 is 10.0 Å². The van der Waals surface area contributed by atoms with E-state index in [-0.39, 0.29) is 10.6 Å². The van der Waals surface area contributed by atoms with Gasteiger partial charge in [-0.25, -0.2) is 8.42 Å². The van der Waals surface area contributed by atoms with Crippen LogP contribution in [0.4, 0.5) is 5.88 Å². The van der Waals surface area contributed by atoms with Crippen LogP contribution in [-0.2, 0) is 10.0 Å². The standard InChI is InChI=1S/C20H26N4O3S/c1-3-4-11-22-20-18(13-21)23-19(27-20)16-7-9-17(10-8-16)28(25,26)24-12-5-6-15(2)14-24/h7-10,15,22H,3-6,11-12,14H2,1-2H3/t15-/m1/s1. The lowest BCUT2D eigenvalue weighted by Crippen LogP contribution is -2.39. The summed E-state index contributed by atoms with van der Waals surface area (Å²) in [5.41, 5.74) is 0.830. The number of aromatic nitrogens is 1. The van der Waals surface area contributed by atoms with Crippen molar-refractivity contribution in [1.29, 1.82) is 5.26 Å². The van der Waals surface area contributed by atoms with Gasteiger partial charge in [-0.05, 0) is 49.4 Å². The summed E-state index contributed by atoms with van der Waals surface area (Å²) < 4.78 is 33.0. The summed E-state index contributed by atoms with van der Waals surface area (Å²) in [7, 11) is -3.50. The molecule has 0 radical (unpaired) electrons. The Bertz CT molecular complexity index is 945. The third kappa shape index (κ3) is 4.37. The summed E-state index contributed by atoms with van der Waals surface area (Å²) >= 11 is 0. The number of hydrogen-bond acceptors (Lipinski definition) is 6. The molecule has 1 aliphatic heterocycles. The lowest BCUT2D eigenvalue weighted by atomic mass is 10.0. The van der Waals surface area contributed by atoms with Gasteiger partial charge >= 0.3 is 0 Å². The molecule has 8 heteroatoms. The van der Waals surface area contributed by atoms with Gasteiger partial charge in [0.05, 0.1) is 4.90 Å². The Labute approximate surface area is 166 Å². The highest BCUT2D eigenvalue weighted by Crippen LogP contribution is 2.28. The molecular weight excluding hydrogens is 376 g/mol. The van der Waals surface area contributed by atoms with E-state index in [0.717, 1.165) is 25.7 Å². The maximum atomic E-state index is 12.9. The van der Waals surface area contributed by atoms with Crippen LogP contribution in [0.25, 0.3) is 11.5 Å². The molecule has 1 fully saturated rings. The molecule has 2 heterocycles. The Morgan fingerprint density at radius 3 is 2.75 bits per heavy atom. The van der Waals surface area contributed by atoms with Gasteiger partial charge in [0.1, 0.15) is 6.07 Å². The molecule has 0 bridgehead atoms. The molecule has 0 saturated carbocycles. The quantitative estimate of drug-likeness (QED) is 0.706. The second kappa shape index (κ2) is 8.76. The zero-order valence-electron chi connectivity index (χ0n) is 16.3. The highest BCUT2D eigenvalue weighted by atomic mass is 32.2. The van der Waals surface area contributed by atoms with Crippen LogP contribution in [0.5, 0.6) is 0 Å². The van der Waals surface area contributed by atoms with E-state index in [1.165, 1.54) is 0 Å².